The van der Waals surface area contributed by atoms with E-state index in [1.165, 1.54) is 0 Å². The van der Waals surface area contributed by atoms with Crippen LogP contribution in [0.5, 0.6) is 0 Å². The predicted octanol–water partition coefficient (Wildman–Crippen LogP) is 1.50. The number of nitrogens with zero attached hydrogens (tertiary/aromatic N) is 2. The molecule has 1 rings (SSSR count). The topological polar surface area (TPSA) is 36.4 Å². The molecule has 1 aromatic heterocycles. The molecule has 1 heterocycles. The zero-order chi connectivity index (χ0) is 11.1. The summed E-state index contributed by atoms with van der Waals surface area (Å²) in [6.45, 7) is 4.29. The largest absolute Gasteiger partial charge is 0.391 e. The first kappa shape index (κ1) is 12.4. The summed E-state index contributed by atoms with van der Waals surface area (Å²) in [6, 6.07) is 5.84. The van der Waals surface area contributed by atoms with Crippen molar-refractivity contribution in [3.05, 3.63) is 30.1 Å². The van der Waals surface area contributed by atoms with Crippen LogP contribution in [0.3, 0.4) is 0 Å². The maximum Gasteiger partial charge on any atom is 0.0802 e. The summed E-state index contributed by atoms with van der Waals surface area (Å²) in [7, 11) is 0. The Morgan fingerprint density at radius 2 is 2.33 bits per heavy atom. The zero-order valence-corrected chi connectivity index (χ0v) is 9.69. The third kappa shape index (κ3) is 4.60. The van der Waals surface area contributed by atoms with E-state index in [1.807, 2.05) is 18.2 Å². The van der Waals surface area contributed by atoms with Crippen LogP contribution in [0.1, 0.15) is 12.6 Å². The number of hydrogen-bond acceptors (Lipinski definition) is 3. The second kappa shape index (κ2) is 6.77. The van der Waals surface area contributed by atoms with Crippen LogP contribution in [0.2, 0.25) is 0 Å². The molecule has 0 aromatic carbocycles. The molecule has 1 unspecified atom stereocenters. The van der Waals surface area contributed by atoms with Crippen molar-refractivity contribution in [2.24, 2.45) is 0 Å². The number of rotatable bonds is 6. The molecule has 0 amide bonds. The third-order valence-electron chi connectivity index (χ3n) is 2.21. The number of aliphatic hydroxyl groups excluding tert-OH is 1. The van der Waals surface area contributed by atoms with Crippen molar-refractivity contribution in [2.45, 2.75) is 19.6 Å². The fraction of sp³-hybridized carbons (Fsp3) is 0.545. The molecule has 0 fully saturated rings. The van der Waals surface area contributed by atoms with Gasteiger partial charge in [0.05, 0.1) is 11.8 Å². The number of pyridine rings is 1. The lowest BCUT2D eigenvalue weighted by molar-refractivity contribution is 0.127. The molecule has 0 aliphatic heterocycles. The van der Waals surface area contributed by atoms with Crippen LogP contribution in [0.25, 0.3) is 0 Å². The highest BCUT2D eigenvalue weighted by Crippen LogP contribution is 2.02. The van der Waals surface area contributed by atoms with Gasteiger partial charge in [0.25, 0.3) is 0 Å². The molecule has 1 atom stereocenters. The van der Waals surface area contributed by atoms with Crippen molar-refractivity contribution in [3.63, 3.8) is 0 Å². The highest BCUT2D eigenvalue weighted by Gasteiger charge is 2.09. The van der Waals surface area contributed by atoms with Crippen LogP contribution in [0.4, 0.5) is 0 Å². The monoisotopic (exact) mass is 228 g/mol. The summed E-state index contributed by atoms with van der Waals surface area (Å²) in [4.78, 5) is 6.36. The summed E-state index contributed by atoms with van der Waals surface area (Å²) < 4.78 is 0. The minimum absolute atomic E-state index is 0.277. The van der Waals surface area contributed by atoms with Gasteiger partial charge in [-0.3, -0.25) is 9.88 Å². The molecule has 0 saturated carbocycles. The Morgan fingerprint density at radius 3 is 2.87 bits per heavy atom. The molecular formula is C11H17ClN2O. The van der Waals surface area contributed by atoms with E-state index < -0.39 is 6.10 Å². The highest BCUT2D eigenvalue weighted by molar-refractivity contribution is 6.18. The number of alkyl halides is 1. The lowest BCUT2D eigenvalue weighted by Gasteiger charge is -2.22. The number of aliphatic hydroxyl groups is 1. The molecule has 0 aliphatic carbocycles. The Kier molecular flexibility index (Phi) is 5.61. The van der Waals surface area contributed by atoms with Crippen LogP contribution in [0.15, 0.2) is 24.4 Å². The molecule has 1 aromatic rings. The standard InChI is InChI=1S/C11H17ClN2O/c1-2-14(9-11(15)7-12)8-10-5-3-4-6-13-10/h3-6,11,15H,2,7-9H2,1H3. The molecule has 0 radical (unpaired) electrons. The fourth-order valence-electron chi connectivity index (χ4n) is 1.37. The zero-order valence-electron chi connectivity index (χ0n) is 8.93. The summed E-state index contributed by atoms with van der Waals surface area (Å²) in [5.74, 6) is 0.277. The van der Waals surface area contributed by atoms with Gasteiger partial charge in [-0.25, -0.2) is 0 Å². The Labute approximate surface area is 95.7 Å². The van der Waals surface area contributed by atoms with E-state index in [0.29, 0.717) is 6.54 Å². The molecule has 0 aliphatic rings. The Balaban J connectivity index is 2.47. The van der Waals surface area contributed by atoms with E-state index in [2.05, 4.69) is 16.8 Å². The number of aromatic nitrogens is 1. The predicted molar refractivity (Wildman–Crippen MR) is 61.9 cm³/mol. The highest BCUT2D eigenvalue weighted by atomic mass is 35.5. The molecular weight excluding hydrogens is 212 g/mol. The molecule has 1 N–H and O–H groups in total. The van der Waals surface area contributed by atoms with Crippen LogP contribution in [-0.4, -0.2) is 40.1 Å². The van der Waals surface area contributed by atoms with Gasteiger partial charge in [-0.2, -0.15) is 0 Å². The Hall–Kier alpha value is -0.640. The van der Waals surface area contributed by atoms with Crippen molar-refractivity contribution < 1.29 is 5.11 Å². The van der Waals surface area contributed by atoms with Crippen molar-refractivity contribution in [1.82, 2.24) is 9.88 Å². The molecule has 0 saturated heterocycles. The van der Waals surface area contributed by atoms with Crippen LogP contribution < -0.4 is 0 Å². The smallest absolute Gasteiger partial charge is 0.0802 e. The first-order valence-corrected chi connectivity index (χ1v) is 5.66. The summed E-state index contributed by atoms with van der Waals surface area (Å²) in [6.07, 6.45) is 1.32. The first-order valence-electron chi connectivity index (χ1n) is 5.12. The van der Waals surface area contributed by atoms with Gasteiger partial charge in [0.1, 0.15) is 0 Å². The van der Waals surface area contributed by atoms with E-state index in [0.717, 1.165) is 18.8 Å². The Morgan fingerprint density at radius 1 is 1.53 bits per heavy atom. The SMILES string of the molecule is CCN(Cc1ccccn1)CC(O)CCl. The summed E-state index contributed by atoms with van der Waals surface area (Å²) in [5.41, 5.74) is 1.01. The molecule has 15 heavy (non-hydrogen) atoms. The summed E-state index contributed by atoms with van der Waals surface area (Å²) >= 11 is 5.56. The normalized spacial score (nSPS) is 13.1. The Bertz CT molecular complexity index is 269. The number of hydrogen-bond donors (Lipinski definition) is 1. The minimum Gasteiger partial charge on any atom is -0.391 e. The van der Waals surface area contributed by atoms with Crippen molar-refractivity contribution in [1.29, 1.82) is 0 Å². The number of halogens is 1. The van der Waals surface area contributed by atoms with Crippen molar-refractivity contribution in [2.75, 3.05) is 19.0 Å². The van der Waals surface area contributed by atoms with Gasteiger partial charge in [0.2, 0.25) is 0 Å². The number of likely N-dealkylation sites (N-methyl/N-ethyl adjacent to an activating group) is 1. The first-order chi connectivity index (χ1) is 7.26. The molecule has 0 bridgehead atoms. The molecule has 84 valence electrons. The van der Waals surface area contributed by atoms with E-state index in [4.69, 9.17) is 11.6 Å². The van der Waals surface area contributed by atoms with Crippen LogP contribution in [-0.2, 0) is 6.54 Å². The van der Waals surface area contributed by atoms with Gasteiger partial charge in [-0.1, -0.05) is 13.0 Å². The van der Waals surface area contributed by atoms with E-state index in [1.54, 1.807) is 6.20 Å². The van der Waals surface area contributed by atoms with E-state index in [-0.39, 0.29) is 5.88 Å². The molecule has 3 nitrogen and oxygen atoms in total. The van der Waals surface area contributed by atoms with Crippen molar-refractivity contribution >= 4 is 11.6 Å². The van der Waals surface area contributed by atoms with Gasteiger partial charge < -0.3 is 5.11 Å². The lowest BCUT2D eigenvalue weighted by atomic mass is 10.3. The maximum atomic E-state index is 9.44. The second-order valence-electron chi connectivity index (χ2n) is 3.46. The lowest BCUT2D eigenvalue weighted by Crippen LogP contribution is -2.33. The average Bonchev–Trinajstić information content (AvgIpc) is 2.29. The minimum atomic E-state index is -0.463. The quantitative estimate of drug-likeness (QED) is 0.750. The average molecular weight is 229 g/mol. The second-order valence-corrected chi connectivity index (χ2v) is 3.77. The molecule has 0 spiro atoms. The van der Waals surface area contributed by atoms with E-state index >= 15 is 0 Å². The van der Waals surface area contributed by atoms with E-state index in [9.17, 15) is 5.11 Å². The fourth-order valence-corrected chi connectivity index (χ4v) is 1.47. The van der Waals surface area contributed by atoms with Gasteiger partial charge in [0.15, 0.2) is 0 Å². The summed E-state index contributed by atoms with van der Waals surface area (Å²) in [5, 5.41) is 9.44. The maximum absolute atomic E-state index is 9.44. The van der Waals surface area contributed by atoms with Crippen molar-refractivity contribution in [3.8, 4) is 0 Å². The third-order valence-corrected chi connectivity index (χ3v) is 2.56. The van der Waals surface area contributed by atoms with Gasteiger partial charge in [-0.15, -0.1) is 11.6 Å². The molecule has 4 heteroatoms. The van der Waals surface area contributed by atoms with Gasteiger partial charge in [0, 0.05) is 25.2 Å². The van der Waals surface area contributed by atoms with Crippen LogP contribution in [0, 0.1) is 0 Å². The van der Waals surface area contributed by atoms with Crippen LogP contribution >= 0.6 is 11.6 Å². The van der Waals surface area contributed by atoms with Gasteiger partial charge >= 0.3 is 0 Å². The van der Waals surface area contributed by atoms with Gasteiger partial charge in [-0.05, 0) is 18.7 Å².